The van der Waals surface area contributed by atoms with Crippen LogP contribution in [0.5, 0.6) is 0 Å². The molecule has 1 amide bonds. The topological polar surface area (TPSA) is 64.0 Å². The van der Waals surface area contributed by atoms with E-state index in [1.54, 1.807) is 18.5 Å². The van der Waals surface area contributed by atoms with E-state index < -0.39 is 11.7 Å². The van der Waals surface area contributed by atoms with E-state index in [0.717, 1.165) is 11.3 Å². The van der Waals surface area contributed by atoms with E-state index in [1.165, 1.54) is 0 Å². The maximum absolute atomic E-state index is 12.7. The Morgan fingerprint density at radius 1 is 0.962 bits per heavy atom. The second-order valence-electron chi connectivity index (χ2n) is 6.23. The number of ketones is 1. The van der Waals surface area contributed by atoms with Gasteiger partial charge in [0.2, 0.25) is 0 Å². The van der Waals surface area contributed by atoms with Gasteiger partial charge in [-0.1, -0.05) is 48.5 Å². The van der Waals surface area contributed by atoms with Crippen LogP contribution in [0.3, 0.4) is 0 Å². The number of nitrogens with one attached hydrogen (secondary N) is 1. The number of hydrogen-bond donors (Lipinski definition) is 1. The first-order chi connectivity index (χ1) is 12.5. The summed E-state index contributed by atoms with van der Waals surface area (Å²) in [4.78, 5) is 25.2. The molecule has 132 valence electrons. The third kappa shape index (κ3) is 3.42. The van der Waals surface area contributed by atoms with Crippen LogP contribution in [0, 0.1) is 13.8 Å². The highest BCUT2D eigenvalue weighted by atomic mass is 16.2. The summed E-state index contributed by atoms with van der Waals surface area (Å²) < 4.78 is 1.69. The molecule has 1 N–H and O–H groups in total. The van der Waals surface area contributed by atoms with E-state index in [9.17, 15) is 9.59 Å². The Balaban J connectivity index is 1.84. The number of carbonyl (C=O) groups is 2. The van der Waals surface area contributed by atoms with E-state index in [2.05, 4.69) is 10.4 Å². The molecule has 1 aromatic heterocycles. The number of amides is 1. The van der Waals surface area contributed by atoms with Crippen molar-refractivity contribution in [2.24, 2.45) is 0 Å². The van der Waals surface area contributed by atoms with Crippen LogP contribution in [0.15, 0.2) is 60.7 Å². The van der Waals surface area contributed by atoms with Crippen molar-refractivity contribution in [3.63, 3.8) is 0 Å². The molecule has 5 heteroatoms. The van der Waals surface area contributed by atoms with Crippen LogP contribution in [-0.2, 0) is 4.79 Å². The van der Waals surface area contributed by atoms with E-state index >= 15 is 0 Å². The van der Waals surface area contributed by atoms with Gasteiger partial charge < -0.3 is 5.32 Å². The second-order valence-corrected chi connectivity index (χ2v) is 6.23. The van der Waals surface area contributed by atoms with Crippen molar-refractivity contribution in [1.29, 1.82) is 0 Å². The number of nitrogens with zero attached hydrogens (tertiary/aromatic N) is 2. The van der Waals surface area contributed by atoms with Gasteiger partial charge in [-0.2, -0.15) is 5.10 Å². The van der Waals surface area contributed by atoms with Gasteiger partial charge in [-0.3, -0.25) is 9.59 Å². The molecule has 0 fully saturated rings. The summed E-state index contributed by atoms with van der Waals surface area (Å²) in [6.07, 6.45) is 0. The first kappa shape index (κ1) is 17.6. The molecule has 5 nitrogen and oxygen atoms in total. The van der Waals surface area contributed by atoms with Crippen molar-refractivity contribution >= 4 is 11.7 Å². The minimum absolute atomic E-state index is 0.252. The SMILES string of the molecule is Cc1nn(-c2ccccc2)c(C)c1C(=O)C(=O)N[C@@H](C)c1ccccc1. The zero-order chi connectivity index (χ0) is 18.7. The molecule has 26 heavy (non-hydrogen) atoms. The zero-order valence-electron chi connectivity index (χ0n) is 15.1. The van der Waals surface area contributed by atoms with E-state index in [4.69, 9.17) is 0 Å². The zero-order valence-corrected chi connectivity index (χ0v) is 15.1. The van der Waals surface area contributed by atoms with Gasteiger partial charge in [0, 0.05) is 0 Å². The molecule has 0 bridgehead atoms. The molecule has 0 unspecified atom stereocenters. The third-order valence-electron chi connectivity index (χ3n) is 4.37. The number of carbonyl (C=O) groups excluding carboxylic acids is 2. The summed E-state index contributed by atoms with van der Waals surface area (Å²) in [5, 5.41) is 7.21. The van der Waals surface area contributed by atoms with Gasteiger partial charge in [-0.05, 0) is 38.5 Å². The molecular weight excluding hydrogens is 326 g/mol. The van der Waals surface area contributed by atoms with Crippen molar-refractivity contribution < 1.29 is 9.59 Å². The molecule has 3 aromatic rings. The fraction of sp³-hybridized carbons (Fsp3) is 0.190. The molecule has 2 aromatic carbocycles. The molecule has 0 aliphatic heterocycles. The largest absolute Gasteiger partial charge is 0.343 e. The Bertz CT molecular complexity index is 931. The average Bonchev–Trinajstić information content (AvgIpc) is 2.96. The first-order valence-corrected chi connectivity index (χ1v) is 8.51. The van der Waals surface area contributed by atoms with Gasteiger partial charge in [0.05, 0.1) is 28.7 Å². The minimum atomic E-state index is -0.625. The Morgan fingerprint density at radius 3 is 2.15 bits per heavy atom. The van der Waals surface area contributed by atoms with Gasteiger partial charge in [0.15, 0.2) is 0 Å². The van der Waals surface area contributed by atoms with E-state index in [1.807, 2.05) is 67.6 Å². The Morgan fingerprint density at radius 2 is 1.54 bits per heavy atom. The third-order valence-corrected chi connectivity index (χ3v) is 4.37. The lowest BCUT2D eigenvalue weighted by Gasteiger charge is -2.13. The molecule has 0 radical (unpaired) electrons. The molecule has 1 heterocycles. The smallest absolute Gasteiger partial charge is 0.293 e. The maximum Gasteiger partial charge on any atom is 0.293 e. The summed E-state index contributed by atoms with van der Waals surface area (Å²) in [6.45, 7) is 5.40. The molecule has 0 saturated carbocycles. The lowest BCUT2D eigenvalue weighted by Crippen LogP contribution is -2.33. The molecule has 1 atom stereocenters. The molecular formula is C21H21N3O2. The number of para-hydroxylation sites is 1. The van der Waals surface area contributed by atoms with Crippen molar-refractivity contribution in [3.8, 4) is 5.69 Å². The summed E-state index contributed by atoms with van der Waals surface area (Å²) in [5.74, 6) is -1.19. The Labute approximate surface area is 152 Å². The van der Waals surface area contributed by atoms with E-state index in [-0.39, 0.29) is 6.04 Å². The Kier molecular flexibility index (Phi) is 4.98. The molecule has 0 aliphatic carbocycles. The normalized spacial score (nSPS) is 11.8. The molecule has 0 spiro atoms. The lowest BCUT2D eigenvalue weighted by atomic mass is 10.1. The number of hydrogen-bond acceptors (Lipinski definition) is 3. The fourth-order valence-electron chi connectivity index (χ4n) is 2.99. The number of rotatable bonds is 5. The van der Waals surface area contributed by atoms with Gasteiger partial charge in [-0.25, -0.2) is 4.68 Å². The van der Waals surface area contributed by atoms with Crippen LogP contribution in [0.2, 0.25) is 0 Å². The molecule has 0 aliphatic rings. The number of benzene rings is 2. The maximum atomic E-state index is 12.7. The standard InChI is InChI=1S/C21H21N3O2/c1-14(17-10-6-4-7-11-17)22-21(26)20(25)19-15(2)23-24(16(19)3)18-12-8-5-9-13-18/h4-14H,1-3H3,(H,22,26)/t14-/m0/s1. The van der Waals surface area contributed by atoms with Crippen molar-refractivity contribution in [2.75, 3.05) is 0 Å². The lowest BCUT2D eigenvalue weighted by molar-refractivity contribution is -0.117. The predicted molar refractivity (Wildman–Crippen MR) is 100 cm³/mol. The highest BCUT2D eigenvalue weighted by Crippen LogP contribution is 2.19. The summed E-state index contributed by atoms with van der Waals surface area (Å²) in [7, 11) is 0. The Hall–Kier alpha value is -3.21. The summed E-state index contributed by atoms with van der Waals surface area (Å²) >= 11 is 0. The van der Waals surface area contributed by atoms with Gasteiger partial charge in [0.1, 0.15) is 0 Å². The highest BCUT2D eigenvalue weighted by molar-refractivity contribution is 6.43. The highest BCUT2D eigenvalue weighted by Gasteiger charge is 2.26. The molecule has 0 saturated heterocycles. The van der Waals surface area contributed by atoms with Crippen molar-refractivity contribution in [1.82, 2.24) is 15.1 Å². The average molecular weight is 347 g/mol. The number of aromatic nitrogens is 2. The van der Waals surface area contributed by atoms with Crippen LogP contribution in [0.4, 0.5) is 0 Å². The van der Waals surface area contributed by atoms with Gasteiger partial charge in [-0.15, -0.1) is 0 Å². The van der Waals surface area contributed by atoms with Crippen LogP contribution in [-0.4, -0.2) is 21.5 Å². The van der Waals surface area contributed by atoms with Crippen molar-refractivity contribution in [3.05, 3.63) is 83.2 Å². The van der Waals surface area contributed by atoms with Crippen LogP contribution < -0.4 is 5.32 Å². The van der Waals surface area contributed by atoms with Gasteiger partial charge >= 0.3 is 0 Å². The van der Waals surface area contributed by atoms with Crippen molar-refractivity contribution in [2.45, 2.75) is 26.8 Å². The van der Waals surface area contributed by atoms with Crippen LogP contribution in [0.25, 0.3) is 5.69 Å². The van der Waals surface area contributed by atoms with E-state index in [0.29, 0.717) is 17.0 Å². The second kappa shape index (κ2) is 7.35. The summed E-state index contributed by atoms with van der Waals surface area (Å²) in [5.41, 5.74) is 3.35. The monoisotopic (exact) mass is 347 g/mol. The first-order valence-electron chi connectivity index (χ1n) is 8.51. The van der Waals surface area contributed by atoms with Crippen LogP contribution in [0.1, 0.15) is 40.3 Å². The summed E-state index contributed by atoms with van der Waals surface area (Å²) in [6, 6.07) is 18.8. The number of aryl methyl sites for hydroxylation is 1. The van der Waals surface area contributed by atoms with Gasteiger partial charge in [0.25, 0.3) is 11.7 Å². The minimum Gasteiger partial charge on any atom is -0.343 e. The predicted octanol–water partition coefficient (Wildman–Crippen LogP) is 3.55. The number of Topliss-reactive ketones (excluding diaryl/α,β-unsaturated/α-hetero) is 1. The fourth-order valence-corrected chi connectivity index (χ4v) is 2.99. The van der Waals surface area contributed by atoms with Crippen LogP contribution >= 0.6 is 0 Å². The quantitative estimate of drug-likeness (QED) is 0.567. The molecule has 3 rings (SSSR count).